The average Bonchev–Trinajstić information content (AvgIpc) is 3.22. The summed E-state index contributed by atoms with van der Waals surface area (Å²) in [5, 5.41) is 16.7. The molecule has 0 radical (unpaired) electrons. The fourth-order valence-electron chi connectivity index (χ4n) is 3.88. The lowest BCUT2D eigenvalue weighted by atomic mass is 10.0. The van der Waals surface area contributed by atoms with Gasteiger partial charge in [0.15, 0.2) is 5.82 Å². The van der Waals surface area contributed by atoms with Crippen molar-refractivity contribution in [3.63, 3.8) is 0 Å². The van der Waals surface area contributed by atoms with E-state index in [9.17, 15) is 4.79 Å². The number of pyridine rings is 1. The van der Waals surface area contributed by atoms with Crippen LogP contribution in [0.3, 0.4) is 0 Å². The van der Waals surface area contributed by atoms with Crippen LogP contribution in [0.4, 0.5) is 5.82 Å². The average molecular weight is 419 g/mol. The van der Waals surface area contributed by atoms with Crippen molar-refractivity contribution in [1.82, 2.24) is 29.7 Å². The molecule has 0 aliphatic heterocycles. The summed E-state index contributed by atoms with van der Waals surface area (Å²) in [5.41, 5.74) is 4.14. The third-order valence-corrected chi connectivity index (χ3v) is 5.70. The standard InChI is InChI=1S/C22H25N7O2/c1-4-9-28-10-8-18(26-28)25-21(30)15-11-17(14-6-7-14)24-22-19(15)20(27-31-22)16-12-23-29(5-2)13(16)3/h8,10-12,14H,4-7,9H2,1-3H3,(H,25,26,30). The lowest BCUT2D eigenvalue weighted by Crippen LogP contribution is -2.14. The quantitative estimate of drug-likeness (QED) is 0.483. The predicted molar refractivity (Wildman–Crippen MR) is 116 cm³/mol. The summed E-state index contributed by atoms with van der Waals surface area (Å²) in [6.07, 6.45) is 6.75. The first-order chi connectivity index (χ1) is 15.1. The highest BCUT2D eigenvalue weighted by atomic mass is 16.5. The Morgan fingerprint density at radius 2 is 2.16 bits per heavy atom. The molecule has 0 saturated heterocycles. The molecular weight excluding hydrogens is 394 g/mol. The number of amides is 1. The van der Waals surface area contributed by atoms with E-state index in [-0.39, 0.29) is 5.91 Å². The summed E-state index contributed by atoms with van der Waals surface area (Å²) in [6, 6.07) is 3.68. The van der Waals surface area contributed by atoms with Crippen LogP contribution in [0.5, 0.6) is 0 Å². The zero-order valence-corrected chi connectivity index (χ0v) is 17.9. The highest BCUT2D eigenvalue weighted by molar-refractivity contribution is 6.14. The van der Waals surface area contributed by atoms with E-state index in [1.807, 2.05) is 35.5 Å². The van der Waals surface area contributed by atoms with Crippen LogP contribution in [-0.2, 0) is 13.1 Å². The molecule has 0 aromatic carbocycles. The molecule has 4 aromatic heterocycles. The van der Waals surface area contributed by atoms with Crippen LogP contribution < -0.4 is 5.32 Å². The molecule has 1 amide bonds. The zero-order valence-electron chi connectivity index (χ0n) is 17.9. The number of rotatable bonds is 7. The maximum absolute atomic E-state index is 13.3. The number of nitrogens with one attached hydrogen (secondary N) is 1. The van der Waals surface area contributed by atoms with Gasteiger partial charge < -0.3 is 9.84 Å². The molecule has 9 heteroatoms. The van der Waals surface area contributed by atoms with Gasteiger partial charge in [-0.05, 0) is 39.2 Å². The number of hydrogen-bond donors (Lipinski definition) is 1. The number of aryl methyl sites for hydroxylation is 2. The molecule has 1 N–H and O–H groups in total. The van der Waals surface area contributed by atoms with Gasteiger partial charge in [-0.1, -0.05) is 12.1 Å². The number of nitrogens with zero attached hydrogens (tertiary/aromatic N) is 6. The summed E-state index contributed by atoms with van der Waals surface area (Å²) in [5.74, 6) is 0.642. The maximum Gasteiger partial charge on any atom is 0.259 e. The smallest absolute Gasteiger partial charge is 0.259 e. The topological polar surface area (TPSA) is 104 Å². The minimum atomic E-state index is -0.249. The molecule has 160 valence electrons. The number of fused-ring (bicyclic) bond motifs is 1. The Morgan fingerprint density at radius 3 is 2.87 bits per heavy atom. The normalized spacial score (nSPS) is 13.8. The van der Waals surface area contributed by atoms with Crippen molar-refractivity contribution < 1.29 is 9.32 Å². The summed E-state index contributed by atoms with van der Waals surface area (Å²) >= 11 is 0. The summed E-state index contributed by atoms with van der Waals surface area (Å²) in [4.78, 5) is 18.0. The minimum Gasteiger partial charge on any atom is -0.335 e. The van der Waals surface area contributed by atoms with Crippen LogP contribution in [0.25, 0.3) is 22.4 Å². The van der Waals surface area contributed by atoms with E-state index < -0.39 is 0 Å². The highest BCUT2D eigenvalue weighted by Crippen LogP contribution is 2.41. The highest BCUT2D eigenvalue weighted by Gasteiger charge is 2.30. The summed E-state index contributed by atoms with van der Waals surface area (Å²) in [6.45, 7) is 7.66. The monoisotopic (exact) mass is 419 g/mol. The second-order valence-electron chi connectivity index (χ2n) is 7.96. The third kappa shape index (κ3) is 3.49. The second-order valence-corrected chi connectivity index (χ2v) is 7.96. The SMILES string of the molecule is CCCn1ccc(NC(=O)c2cc(C3CC3)nc3onc(-c4cnn(CC)c4C)c23)n1. The molecule has 9 nitrogen and oxygen atoms in total. The second kappa shape index (κ2) is 7.64. The maximum atomic E-state index is 13.3. The Morgan fingerprint density at radius 1 is 1.32 bits per heavy atom. The van der Waals surface area contributed by atoms with Gasteiger partial charge in [-0.3, -0.25) is 14.2 Å². The lowest BCUT2D eigenvalue weighted by molar-refractivity contribution is 0.102. The molecule has 0 bridgehead atoms. The first-order valence-electron chi connectivity index (χ1n) is 10.8. The van der Waals surface area contributed by atoms with Crippen LogP contribution in [0.2, 0.25) is 0 Å². The Balaban J connectivity index is 1.59. The van der Waals surface area contributed by atoms with Crippen molar-refractivity contribution in [3.8, 4) is 11.3 Å². The molecular formula is C22H25N7O2. The van der Waals surface area contributed by atoms with Gasteiger partial charge in [-0.2, -0.15) is 10.2 Å². The van der Waals surface area contributed by atoms with Crippen molar-refractivity contribution in [2.24, 2.45) is 0 Å². The van der Waals surface area contributed by atoms with Gasteiger partial charge in [0.2, 0.25) is 0 Å². The van der Waals surface area contributed by atoms with E-state index in [0.29, 0.717) is 34.1 Å². The van der Waals surface area contributed by atoms with Crippen molar-refractivity contribution in [2.45, 2.75) is 59.0 Å². The lowest BCUT2D eigenvalue weighted by Gasteiger charge is -2.07. The summed E-state index contributed by atoms with van der Waals surface area (Å²) < 4.78 is 9.31. The van der Waals surface area contributed by atoms with E-state index >= 15 is 0 Å². The van der Waals surface area contributed by atoms with Crippen LogP contribution in [-0.4, -0.2) is 35.6 Å². The Hall–Kier alpha value is -3.49. The Kier molecular flexibility index (Phi) is 4.80. The van der Waals surface area contributed by atoms with Crippen molar-refractivity contribution in [2.75, 3.05) is 5.32 Å². The molecule has 0 unspecified atom stereocenters. The zero-order chi connectivity index (χ0) is 21.5. The van der Waals surface area contributed by atoms with Crippen LogP contribution in [0, 0.1) is 6.92 Å². The molecule has 0 atom stereocenters. The van der Waals surface area contributed by atoms with E-state index in [1.165, 1.54) is 0 Å². The molecule has 31 heavy (non-hydrogen) atoms. The van der Waals surface area contributed by atoms with Crippen molar-refractivity contribution >= 4 is 22.8 Å². The van der Waals surface area contributed by atoms with Gasteiger partial charge in [0.1, 0.15) is 5.69 Å². The van der Waals surface area contributed by atoms with Gasteiger partial charge in [-0.15, -0.1) is 0 Å². The molecule has 5 rings (SSSR count). The largest absolute Gasteiger partial charge is 0.335 e. The van der Waals surface area contributed by atoms with E-state index in [0.717, 1.165) is 49.3 Å². The first kappa shape index (κ1) is 19.5. The van der Waals surface area contributed by atoms with Crippen LogP contribution in [0.1, 0.15) is 60.8 Å². The van der Waals surface area contributed by atoms with Gasteiger partial charge in [0, 0.05) is 48.2 Å². The van der Waals surface area contributed by atoms with Crippen LogP contribution >= 0.6 is 0 Å². The van der Waals surface area contributed by atoms with Crippen LogP contribution in [0.15, 0.2) is 29.0 Å². The predicted octanol–water partition coefficient (Wildman–Crippen LogP) is 4.15. The molecule has 1 fully saturated rings. The van der Waals surface area contributed by atoms with E-state index in [2.05, 4.69) is 32.6 Å². The minimum absolute atomic E-state index is 0.249. The fraction of sp³-hybridized carbons (Fsp3) is 0.409. The number of carbonyl (C=O) groups is 1. The van der Waals surface area contributed by atoms with Gasteiger partial charge in [0.25, 0.3) is 11.6 Å². The van der Waals surface area contributed by atoms with Gasteiger partial charge >= 0.3 is 0 Å². The molecule has 1 aliphatic carbocycles. The fourth-order valence-corrected chi connectivity index (χ4v) is 3.88. The van der Waals surface area contributed by atoms with Gasteiger partial charge in [-0.25, -0.2) is 4.98 Å². The Bertz CT molecular complexity index is 1260. The molecule has 4 heterocycles. The van der Waals surface area contributed by atoms with Crippen molar-refractivity contribution in [1.29, 1.82) is 0 Å². The third-order valence-electron chi connectivity index (χ3n) is 5.70. The first-order valence-corrected chi connectivity index (χ1v) is 10.8. The molecule has 1 aliphatic rings. The van der Waals surface area contributed by atoms with Gasteiger partial charge in [0.05, 0.1) is 17.1 Å². The number of hydrogen-bond acceptors (Lipinski definition) is 6. The number of anilines is 1. The van der Waals surface area contributed by atoms with E-state index in [1.54, 1.807) is 12.3 Å². The number of carbonyl (C=O) groups excluding carboxylic acids is 1. The molecule has 1 saturated carbocycles. The molecule has 0 spiro atoms. The summed E-state index contributed by atoms with van der Waals surface area (Å²) in [7, 11) is 0. The number of aromatic nitrogens is 6. The molecule has 4 aromatic rings. The van der Waals surface area contributed by atoms with E-state index in [4.69, 9.17) is 4.52 Å². The van der Waals surface area contributed by atoms with Crippen molar-refractivity contribution in [3.05, 3.63) is 41.5 Å². The Labute approximate surface area is 179 Å².